The molecule has 4 heteroatoms. The minimum atomic E-state index is 0.134. The predicted octanol–water partition coefficient (Wildman–Crippen LogP) is 3.72. The Kier molecular flexibility index (Phi) is 3.97. The third-order valence-corrected chi connectivity index (χ3v) is 4.48. The zero-order valence-corrected chi connectivity index (χ0v) is 12.2. The normalized spacial score (nSPS) is 10.8. The molecule has 90 valence electrons. The lowest BCUT2D eigenvalue weighted by atomic mass is 10.1. The van der Waals surface area contributed by atoms with Crippen LogP contribution in [0.1, 0.15) is 16.8 Å². The van der Waals surface area contributed by atoms with Gasteiger partial charge in [0.25, 0.3) is 0 Å². The average molecular weight is 312 g/mol. The molecule has 0 bridgehead atoms. The van der Waals surface area contributed by atoms with Gasteiger partial charge in [0.15, 0.2) is 0 Å². The fraction of sp³-hybridized carbons (Fsp3) is 0.308. The zero-order chi connectivity index (χ0) is 12.4. The number of halogens is 1. The standard InChI is InChI=1S/C13H14BrNOS/c1-8-3-4-9(2)10(7-8)13-15-11(5-6-16)12(14)17-13/h3-4,7,16H,5-6H2,1-2H3. The summed E-state index contributed by atoms with van der Waals surface area (Å²) >= 11 is 5.13. The molecule has 1 N–H and O–H groups in total. The van der Waals surface area contributed by atoms with Gasteiger partial charge in [0.05, 0.1) is 9.48 Å². The Morgan fingerprint density at radius 2 is 2.12 bits per heavy atom. The van der Waals surface area contributed by atoms with Crippen LogP contribution in [0.3, 0.4) is 0 Å². The van der Waals surface area contributed by atoms with Crippen molar-refractivity contribution in [2.24, 2.45) is 0 Å². The third-order valence-electron chi connectivity index (χ3n) is 2.62. The summed E-state index contributed by atoms with van der Waals surface area (Å²) in [5.74, 6) is 0. The predicted molar refractivity (Wildman–Crippen MR) is 75.5 cm³/mol. The maximum absolute atomic E-state index is 8.97. The maximum Gasteiger partial charge on any atom is 0.124 e. The Balaban J connectivity index is 2.45. The molecule has 0 atom stereocenters. The quantitative estimate of drug-likeness (QED) is 0.937. The van der Waals surface area contributed by atoms with Crippen LogP contribution in [0.15, 0.2) is 22.0 Å². The van der Waals surface area contributed by atoms with E-state index in [1.165, 1.54) is 16.7 Å². The van der Waals surface area contributed by atoms with Crippen molar-refractivity contribution in [1.29, 1.82) is 0 Å². The molecule has 0 unspecified atom stereocenters. The molecule has 17 heavy (non-hydrogen) atoms. The topological polar surface area (TPSA) is 33.1 Å². The average Bonchev–Trinajstić information content (AvgIpc) is 2.64. The lowest BCUT2D eigenvalue weighted by molar-refractivity contribution is 0.298. The Hall–Kier alpha value is -0.710. The molecule has 0 aliphatic carbocycles. The van der Waals surface area contributed by atoms with E-state index in [9.17, 15) is 0 Å². The highest BCUT2D eigenvalue weighted by Crippen LogP contribution is 2.34. The summed E-state index contributed by atoms with van der Waals surface area (Å²) in [4.78, 5) is 4.58. The summed E-state index contributed by atoms with van der Waals surface area (Å²) in [7, 11) is 0. The van der Waals surface area contributed by atoms with Crippen molar-refractivity contribution in [3.8, 4) is 10.6 Å². The minimum absolute atomic E-state index is 0.134. The summed E-state index contributed by atoms with van der Waals surface area (Å²) < 4.78 is 1.02. The Labute approximate surface area is 113 Å². The van der Waals surface area contributed by atoms with Gasteiger partial charge in [0, 0.05) is 18.6 Å². The van der Waals surface area contributed by atoms with Crippen LogP contribution < -0.4 is 0 Å². The monoisotopic (exact) mass is 311 g/mol. The molecule has 0 saturated heterocycles. The van der Waals surface area contributed by atoms with E-state index in [-0.39, 0.29) is 6.61 Å². The molecule has 2 nitrogen and oxygen atoms in total. The third kappa shape index (κ3) is 2.76. The molecule has 0 radical (unpaired) electrons. The van der Waals surface area contributed by atoms with Crippen LogP contribution in [0.4, 0.5) is 0 Å². The molecule has 0 spiro atoms. The lowest BCUT2D eigenvalue weighted by Crippen LogP contribution is -1.92. The van der Waals surface area contributed by atoms with Gasteiger partial charge in [0.2, 0.25) is 0 Å². The number of benzene rings is 1. The van der Waals surface area contributed by atoms with Gasteiger partial charge in [-0.2, -0.15) is 0 Å². The van der Waals surface area contributed by atoms with Gasteiger partial charge >= 0.3 is 0 Å². The summed E-state index contributed by atoms with van der Waals surface area (Å²) in [6.45, 7) is 4.31. The second-order valence-corrected chi connectivity index (χ2v) is 6.35. The molecule has 0 aliphatic heterocycles. The molecule has 0 aliphatic rings. The van der Waals surface area contributed by atoms with E-state index in [4.69, 9.17) is 5.11 Å². The van der Waals surface area contributed by atoms with Crippen molar-refractivity contribution in [2.45, 2.75) is 20.3 Å². The number of aromatic nitrogens is 1. The van der Waals surface area contributed by atoms with Crippen LogP contribution >= 0.6 is 27.3 Å². The number of aliphatic hydroxyl groups excluding tert-OH is 1. The van der Waals surface area contributed by atoms with E-state index < -0.39 is 0 Å². The van der Waals surface area contributed by atoms with Gasteiger partial charge in [-0.05, 0) is 41.4 Å². The SMILES string of the molecule is Cc1ccc(C)c(-c2nc(CCO)c(Br)s2)c1. The molecular weight excluding hydrogens is 298 g/mol. The van der Waals surface area contributed by atoms with Crippen molar-refractivity contribution in [3.05, 3.63) is 38.8 Å². The number of thiazole rings is 1. The summed E-state index contributed by atoms with van der Waals surface area (Å²) in [6.07, 6.45) is 0.599. The molecule has 0 amide bonds. The number of nitrogens with zero attached hydrogens (tertiary/aromatic N) is 1. The Bertz CT molecular complexity index is 536. The highest BCUT2D eigenvalue weighted by molar-refractivity contribution is 9.11. The Morgan fingerprint density at radius 3 is 2.82 bits per heavy atom. The lowest BCUT2D eigenvalue weighted by Gasteiger charge is -2.03. The molecule has 0 saturated carbocycles. The highest BCUT2D eigenvalue weighted by Gasteiger charge is 2.11. The maximum atomic E-state index is 8.97. The van der Waals surface area contributed by atoms with Gasteiger partial charge in [-0.25, -0.2) is 4.98 Å². The summed E-state index contributed by atoms with van der Waals surface area (Å²) in [5, 5.41) is 9.98. The van der Waals surface area contributed by atoms with Crippen molar-refractivity contribution in [1.82, 2.24) is 4.98 Å². The van der Waals surface area contributed by atoms with Gasteiger partial charge in [-0.15, -0.1) is 11.3 Å². The molecule has 2 rings (SSSR count). The van der Waals surface area contributed by atoms with E-state index >= 15 is 0 Å². The minimum Gasteiger partial charge on any atom is -0.396 e. The first-order chi connectivity index (χ1) is 8.11. The van der Waals surface area contributed by atoms with Crippen LogP contribution in [0.2, 0.25) is 0 Å². The number of hydrogen-bond donors (Lipinski definition) is 1. The van der Waals surface area contributed by atoms with Crippen LogP contribution in [0, 0.1) is 13.8 Å². The first-order valence-corrected chi connectivity index (χ1v) is 7.06. The number of hydrogen-bond acceptors (Lipinski definition) is 3. The van der Waals surface area contributed by atoms with Crippen LogP contribution in [-0.2, 0) is 6.42 Å². The van der Waals surface area contributed by atoms with E-state index in [1.54, 1.807) is 11.3 Å². The fourth-order valence-electron chi connectivity index (χ4n) is 1.67. The van der Waals surface area contributed by atoms with Crippen molar-refractivity contribution >= 4 is 27.3 Å². The van der Waals surface area contributed by atoms with Crippen LogP contribution in [0.5, 0.6) is 0 Å². The van der Waals surface area contributed by atoms with Crippen LogP contribution in [-0.4, -0.2) is 16.7 Å². The van der Waals surface area contributed by atoms with Crippen LogP contribution in [0.25, 0.3) is 10.6 Å². The summed E-state index contributed by atoms with van der Waals surface area (Å²) in [5.41, 5.74) is 4.58. The van der Waals surface area contributed by atoms with Crippen molar-refractivity contribution in [3.63, 3.8) is 0 Å². The smallest absolute Gasteiger partial charge is 0.124 e. The number of aliphatic hydroxyl groups is 1. The summed E-state index contributed by atoms with van der Waals surface area (Å²) in [6, 6.07) is 6.38. The van der Waals surface area contributed by atoms with Gasteiger partial charge in [-0.1, -0.05) is 17.7 Å². The zero-order valence-electron chi connectivity index (χ0n) is 9.83. The Morgan fingerprint density at radius 1 is 1.35 bits per heavy atom. The van der Waals surface area contributed by atoms with Gasteiger partial charge < -0.3 is 5.11 Å². The molecule has 0 fully saturated rings. The second kappa shape index (κ2) is 5.29. The van der Waals surface area contributed by atoms with E-state index in [2.05, 4.69) is 53.0 Å². The first kappa shape index (κ1) is 12.7. The molecule has 1 aromatic carbocycles. The van der Waals surface area contributed by atoms with Gasteiger partial charge in [0.1, 0.15) is 5.01 Å². The fourth-order valence-corrected chi connectivity index (χ4v) is 3.34. The van der Waals surface area contributed by atoms with E-state index in [0.29, 0.717) is 6.42 Å². The molecular formula is C13H14BrNOS. The van der Waals surface area contributed by atoms with E-state index in [1.807, 2.05) is 0 Å². The van der Waals surface area contributed by atoms with Crippen molar-refractivity contribution < 1.29 is 5.11 Å². The van der Waals surface area contributed by atoms with E-state index in [0.717, 1.165) is 14.5 Å². The molecule has 1 aromatic heterocycles. The largest absolute Gasteiger partial charge is 0.396 e. The number of rotatable bonds is 3. The van der Waals surface area contributed by atoms with Gasteiger partial charge in [-0.3, -0.25) is 0 Å². The molecule has 1 heterocycles. The molecule has 2 aromatic rings. The number of aryl methyl sites for hydroxylation is 2. The van der Waals surface area contributed by atoms with Crippen molar-refractivity contribution in [2.75, 3.05) is 6.61 Å². The second-order valence-electron chi connectivity index (χ2n) is 4.03. The highest BCUT2D eigenvalue weighted by atomic mass is 79.9. The first-order valence-electron chi connectivity index (χ1n) is 5.45.